The van der Waals surface area contributed by atoms with Gasteiger partial charge in [-0.05, 0) is 38.1 Å². The third-order valence-electron chi connectivity index (χ3n) is 3.72. The average molecular weight is 378 g/mol. The van der Waals surface area contributed by atoms with Gasteiger partial charge in [0.2, 0.25) is 15.9 Å². The Hall–Kier alpha value is -2.58. The SMILES string of the molecule is COc1ccc(OC)c(NC(=O)[C@H](C)NS(=O)(=O)c2ccc(C)cc2)c1. The maximum Gasteiger partial charge on any atom is 0.242 e. The number of methoxy groups -OCH3 is 2. The number of sulfonamides is 1. The molecule has 0 heterocycles. The number of carbonyl (C=O) groups excluding carboxylic acids is 1. The highest BCUT2D eigenvalue weighted by Crippen LogP contribution is 2.29. The molecule has 2 rings (SSSR count). The van der Waals surface area contributed by atoms with Crippen molar-refractivity contribution < 1.29 is 22.7 Å². The second-order valence-corrected chi connectivity index (χ2v) is 7.43. The number of carbonyl (C=O) groups is 1. The lowest BCUT2D eigenvalue weighted by Crippen LogP contribution is -2.41. The monoisotopic (exact) mass is 378 g/mol. The van der Waals surface area contributed by atoms with E-state index in [4.69, 9.17) is 9.47 Å². The second-order valence-electron chi connectivity index (χ2n) is 5.71. The summed E-state index contributed by atoms with van der Waals surface area (Å²) in [7, 11) is -0.830. The topological polar surface area (TPSA) is 93.7 Å². The van der Waals surface area contributed by atoms with Crippen LogP contribution in [0.3, 0.4) is 0 Å². The molecule has 0 bridgehead atoms. The molecule has 0 saturated heterocycles. The summed E-state index contributed by atoms with van der Waals surface area (Å²) in [6.45, 7) is 3.33. The van der Waals surface area contributed by atoms with Crippen molar-refractivity contribution in [3.63, 3.8) is 0 Å². The van der Waals surface area contributed by atoms with Crippen LogP contribution in [0.2, 0.25) is 0 Å². The first-order valence-electron chi connectivity index (χ1n) is 7.88. The van der Waals surface area contributed by atoms with Gasteiger partial charge in [-0.1, -0.05) is 17.7 Å². The molecule has 7 nitrogen and oxygen atoms in total. The van der Waals surface area contributed by atoms with Gasteiger partial charge in [0.15, 0.2) is 0 Å². The van der Waals surface area contributed by atoms with E-state index in [1.54, 1.807) is 30.3 Å². The number of amides is 1. The van der Waals surface area contributed by atoms with E-state index in [0.29, 0.717) is 17.2 Å². The molecule has 0 aliphatic heterocycles. The zero-order chi connectivity index (χ0) is 19.3. The lowest BCUT2D eigenvalue weighted by molar-refractivity contribution is -0.117. The molecule has 0 aliphatic rings. The molecule has 0 spiro atoms. The van der Waals surface area contributed by atoms with E-state index in [0.717, 1.165) is 5.56 Å². The standard InChI is InChI=1S/C18H22N2O5S/c1-12-5-8-15(9-6-12)26(22,23)20-13(2)18(21)19-16-11-14(24-3)7-10-17(16)25-4/h5-11,13,20H,1-4H3,(H,19,21)/t13-/m0/s1. The van der Waals surface area contributed by atoms with Gasteiger partial charge in [0, 0.05) is 6.07 Å². The van der Waals surface area contributed by atoms with E-state index in [1.807, 2.05) is 6.92 Å². The molecule has 140 valence electrons. The van der Waals surface area contributed by atoms with Crippen LogP contribution in [0.15, 0.2) is 47.4 Å². The summed E-state index contributed by atoms with van der Waals surface area (Å²) in [6, 6.07) is 10.3. The Balaban J connectivity index is 2.14. The minimum atomic E-state index is -3.81. The molecule has 0 aromatic heterocycles. The van der Waals surface area contributed by atoms with E-state index in [9.17, 15) is 13.2 Å². The predicted octanol–water partition coefficient (Wildman–Crippen LogP) is 2.32. The number of anilines is 1. The summed E-state index contributed by atoms with van der Waals surface area (Å²) >= 11 is 0. The quantitative estimate of drug-likeness (QED) is 0.771. The van der Waals surface area contributed by atoms with Gasteiger partial charge in [0.05, 0.1) is 30.8 Å². The van der Waals surface area contributed by atoms with Crippen molar-refractivity contribution in [3.05, 3.63) is 48.0 Å². The summed E-state index contributed by atoms with van der Waals surface area (Å²) in [5.74, 6) is 0.453. The van der Waals surface area contributed by atoms with Gasteiger partial charge in [0.25, 0.3) is 0 Å². The summed E-state index contributed by atoms with van der Waals surface area (Å²) < 4.78 is 37.5. The zero-order valence-corrected chi connectivity index (χ0v) is 15.9. The van der Waals surface area contributed by atoms with Crippen molar-refractivity contribution in [1.82, 2.24) is 4.72 Å². The first-order chi connectivity index (χ1) is 12.3. The number of nitrogens with one attached hydrogen (secondary N) is 2. The number of benzene rings is 2. The first kappa shape index (κ1) is 19.7. The highest BCUT2D eigenvalue weighted by atomic mass is 32.2. The highest BCUT2D eigenvalue weighted by Gasteiger charge is 2.23. The van der Waals surface area contributed by atoms with Crippen LogP contribution in [0, 0.1) is 6.92 Å². The van der Waals surface area contributed by atoms with Crippen molar-refractivity contribution in [2.24, 2.45) is 0 Å². The molecular formula is C18H22N2O5S. The Morgan fingerprint density at radius 3 is 2.27 bits per heavy atom. The smallest absolute Gasteiger partial charge is 0.242 e. The third kappa shape index (κ3) is 4.74. The fourth-order valence-electron chi connectivity index (χ4n) is 2.22. The van der Waals surface area contributed by atoms with Gasteiger partial charge in [-0.2, -0.15) is 4.72 Å². The molecule has 2 aromatic rings. The molecule has 0 radical (unpaired) electrons. The van der Waals surface area contributed by atoms with E-state index in [-0.39, 0.29) is 4.90 Å². The van der Waals surface area contributed by atoms with Crippen LogP contribution in [0.25, 0.3) is 0 Å². The Kier molecular flexibility index (Phi) is 6.23. The molecule has 2 N–H and O–H groups in total. The van der Waals surface area contributed by atoms with Crippen molar-refractivity contribution in [2.45, 2.75) is 24.8 Å². The van der Waals surface area contributed by atoms with Crippen LogP contribution in [0.1, 0.15) is 12.5 Å². The summed E-state index contributed by atoms with van der Waals surface area (Å²) in [5, 5.41) is 2.65. The predicted molar refractivity (Wildman–Crippen MR) is 99.1 cm³/mol. The van der Waals surface area contributed by atoms with Gasteiger partial charge in [-0.25, -0.2) is 8.42 Å². The normalized spacial score (nSPS) is 12.3. The Morgan fingerprint density at radius 2 is 1.69 bits per heavy atom. The van der Waals surface area contributed by atoms with Crippen LogP contribution in [0.5, 0.6) is 11.5 Å². The number of aryl methyl sites for hydroxylation is 1. The number of hydrogen-bond acceptors (Lipinski definition) is 5. The molecule has 1 amide bonds. The minimum absolute atomic E-state index is 0.0988. The Bertz CT molecular complexity index is 879. The Morgan fingerprint density at radius 1 is 1.04 bits per heavy atom. The van der Waals surface area contributed by atoms with Gasteiger partial charge in [-0.15, -0.1) is 0 Å². The maximum absolute atomic E-state index is 12.4. The van der Waals surface area contributed by atoms with Crippen LogP contribution in [-0.2, 0) is 14.8 Å². The molecule has 0 unspecified atom stereocenters. The van der Waals surface area contributed by atoms with Crippen LogP contribution >= 0.6 is 0 Å². The molecule has 1 atom stereocenters. The molecule has 0 aliphatic carbocycles. The fourth-order valence-corrected chi connectivity index (χ4v) is 3.43. The first-order valence-corrected chi connectivity index (χ1v) is 9.37. The molecule has 0 saturated carbocycles. The van der Waals surface area contributed by atoms with Crippen molar-refractivity contribution in [3.8, 4) is 11.5 Å². The lowest BCUT2D eigenvalue weighted by atomic mass is 10.2. The average Bonchev–Trinajstić information content (AvgIpc) is 2.61. The number of rotatable bonds is 7. The number of hydrogen-bond donors (Lipinski definition) is 2. The molecular weight excluding hydrogens is 356 g/mol. The van der Waals surface area contributed by atoms with Crippen molar-refractivity contribution in [1.29, 1.82) is 0 Å². The lowest BCUT2D eigenvalue weighted by Gasteiger charge is -2.16. The molecule has 26 heavy (non-hydrogen) atoms. The summed E-state index contributed by atoms with van der Waals surface area (Å²) in [6.07, 6.45) is 0. The highest BCUT2D eigenvalue weighted by molar-refractivity contribution is 7.89. The minimum Gasteiger partial charge on any atom is -0.497 e. The fraction of sp³-hybridized carbons (Fsp3) is 0.278. The van der Waals surface area contributed by atoms with Gasteiger partial charge >= 0.3 is 0 Å². The van der Waals surface area contributed by atoms with Crippen LogP contribution in [0.4, 0.5) is 5.69 Å². The zero-order valence-electron chi connectivity index (χ0n) is 15.1. The van der Waals surface area contributed by atoms with E-state index >= 15 is 0 Å². The number of ether oxygens (including phenoxy) is 2. The summed E-state index contributed by atoms with van der Waals surface area (Å²) in [4.78, 5) is 12.5. The maximum atomic E-state index is 12.4. The summed E-state index contributed by atoms with van der Waals surface area (Å²) in [5.41, 5.74) is 1.33. The van der Waals surface area contributed by atoms with Gasteiger partial charge < -0.3 is 14.8 Å². The molecule has 0 fully saturated rings. The third-order valence-corrected chi connectivity index (χ3v) is 5.28. The van der Waals surface area contributed by atoms with Gasteiger partial charge in [0.1, 0.15) is 11.5 Å². The molecule has 2 aromatic carbocycles. The van der Waals surface area contributed by atoms with E-state index in [1.165, 1.54) is 33.3 Å². The Labute approximate surface area is 153 Å². The van der Waals surface area contributed by atoms with Crippen molar-refractivity contribution in [2.75, 3.05) is 19.5 Å². The van der Waals surface area contributed by atoms with Gasteiger partial charge in [-0.3, -0.25) is 4.79 Å². The van der Waals surface area contributed by atoms with E-state index in [2.05, 4.69) is 10.0 Å². The van der Waals surface area contributed by atoms with E-state index < -0.39 is 22.0 Å². The second kappa shape index (κ2) is 8.20. The van der Waals surface area contributed by atoms with Crippen molar-refractivity contribution >= 4 is 21.6 Å². The molecule has 8 heteroatoms. The largest absolute Gasteiger partial charge is 0.497 e. The van der Waals surface area contributed by atoms with Crippen LogP contribution in [-0.4, -0.2) is 34.6 Å². The van der Waals surface area contributed by atoms with Crippen LogP contribution < -0.4 is 19.5 Å².